The van der Waals surface area contributed by atoms with Crippen molar-refractivity contribution in [2.45, 2.75) is 51.6 Å². The summed E-state index contributed by atoms with van der Waals surface area (Å²) in [7, 11) is 1.75. The number of halogens is 1. The molecule has 0 saturated heterocycles. The van der Waals surface area contributed by atoms with E-state index in [9.17, 15) is 9.90 Å². The Morgan fingerprint density at radius 2 is 2.11 bits per heavy atom. The van der Waals surface area contributed by atoms with E-state index in [1.54, 1.807) is 11.7 Å². The molecule has 0 aromatic carbocycles. The van der Waals surface area contributed by atoms with Gasteiger partial charge in [0.1, 0.15) is 10.8 Å². The van der Waals surface area contributed by atoms with Crippen LogP contribution in [0.2, 0.25) is 5.15 Å². The Labute approximate surface area is 118 Å². The number of aromatic nitrogens is 2. The number of aryl methyl sites for hydroxylation is 2. The zero-order chi connectivity index (χ0) is 14.2. The molecule has 1 fully saturated rings. The maximum absolute atomic E-state index is 12.4. The minimum atomic E-state index is -1.17. The number of aliphatic hydroxyl groups is 1. The summed E-state index contributed by atoms with van der Waals surface area (Å²) in [4.78, 5) is 12.4. The summed E-state index contributed by atoms with van der Waals surface area (Å²) in [5, 5.41) is 15.2. The van der Waals surface area contributed by atoms with Crippen molar-refractivity contribution in [1.29, 1.82) is 0 Å². The monoisotopic (exact) mass is 284 g/mol. The predicted octanol–water partition coefficient (Wildman–Crippen LogP) is 2.43. The second-order valence-corrected chi connectivity index (χ2v) is 6.15. The molecule has 1 saturated carbocycles. The van der Waals surface area contributed by atoms with Gasteiger partial charge in [0.25, 0.3) is 0 Å². The maximum atomic E-state index is 12.4. The minimum Gasteiger partial charge on any atom is -0.382 e. The lowest BCUT2D eigenvalue weighted by Gasteiger charge is -2.33. The molecule has 0 unspecified atom stereocenters. The fourth-order valence-corrected chi connectivity index (χ4v) is 2.96. The maximum Gasteiger partial charge on any atom is 0.168 e. The number of hydrogen-bond donors (Lipinski definition) is 1. The highest BCUT2D eigenvalue weighted by atomic mass is 35.5. The predicted molar refractivity (Wildman–Crippen MR) is 74.2 cm³/mol. The summed E-state index contributed by atoms with van der Waals surface area (Å²) < 4.78 is 1.56. The van der Waals surface area contributed by atoms with Crippen LogP contribution < -0.4 is 0 Å². The first kappa shape index (κ1) is 14.5. The SMILES string of the molecule is Cc1nn(C)c(Cl)c1CC(=O)C1(O)CCC(C)CC1. The molecule has 0 spiro atoms. The van der Waals surface area contributed by atoms with Crippen LogP contribution in [0.25, 0.3) is 0 Å². The number of nitrogens with zero attached hydrogens (tertiary/aromatic N) is 2. The van der Waals surface area contributed by atoms with Crippen molar-refractivity contribution in [3.63, 3.8) is 0 Å². The zero-order valence-electron chi connectivity index (χ0n) is 11.7. The summed E-state index contributed by atoms with van der Waals surface area (Å²) in [6.45, 7) is 3.99. The van der Waals surface area contributed by atoms with E-state index in [2.05, 4.69) is 12.0 Å². The Balaban J connectivity index is 2.13. The molecular formula is C14H21ClN2O2. The van der Waals surface area contributed by atoms with E-state index >= 15 is 0 Å². The number of carbonyl (C=O) groups is 1. The molecule has 1 aliphatic rings. The first-order chi connectivity index (χ1) is 8.83. The highest BCUT2D eigenvalue weighted by molar-refractivity contribution is 6.30. The van der Waals surface area contributed by atoms with Crippen LogP contribution >= 0.6 is 11.6 Å². The number of rotatable bonds is 3. The Hall–Kier alpha value is -0.870. The third-order valence-corrected chi connectivity index (χ3v) is 4.70. The quantitative estimate of drug-likeness (QED) is 0.927. The van der Waals surface area contributed by atoms with Crippen molar-refractivity contribution in [3.05, 3.63) is 16.4 Å². The third kappa shape index (κ3) is 2.84. The van der Waals surface area contributed by atoms with Gasteiger partial charge in [-0.3, -0.25) is 9.48 Å². The van der Waals surface area contributed by atoms with E-state index in [1.807, 2.05) is 6.92 Å². The normalized spacial score (nSPS) is 27.5. The Morgan fingerprint density at radius 3 is 2.58 bits per heavy atom. The van der Waals surface area contributed by atoms with Crippen molar-refractivity contribution in [1.82, 2.24) is 9.78 Å². The Morgan fingerprint density at radius 1 is 1.53 bits per heavy atom. The molecule has 5 heteroatoms. The molecule has 0 bridgehead atoms. The molecule has 2 rings (SSSR count). The molecule has 19 heavy (non-hydrogen) atoms. The van der Waals surface area contributed by atoms with E-state index in [0.717, 1.165) is 24.1 Å². The summed E-state index contributed by atoms with van der Waals surface area (Å²) in [5.41, 5.74) is 0.327. The Bertz CT molecular complexity index is 488. The second-order valence-electron chi connectivity index (χ2n) is 5.79. The lowest BCUT2D eigenvalue weighted by molar-refractivity contribution is -0.140. The van der Waals surface area contributed by atoms with Crippen molar-refractivity contribution < 1.29 is 9.90 Å². The lowest BCUT2D eigenvalue weighted by atomic mass is 9.76. The van der Waals surface area contributed by atoms with Gasteiger partial charge in [-0.2, -0.15) is 5.10 Å². The van der Waals surface area contributed by atoms with Crippen molar-refractivity contribution >= 4 is 17.4 Å². The fraction of sp³-hybridized carbons (Fsp3) is 0.714. The van der Waals surface area contributed by atoms with Crippen LogP contribution in [-0.2, 0) is 18.3 Å². The molecule has 0 amide bonds. The first-order valence-electron chi connectivity index (χ1n) is 6.77. The van der Waals surface area contributed by atoms with Crippen molar-refractivity contribution in [2.24, 2.45) is 13.0 Å². The topological polar surface area (TPSA) is 55.1 Å². The molecule has 1 N–H and O–H groups in total. The van der Waals surface area contributed by atoms with Crippen LogP contribution in [-0.4, -0.2) is 26.3 Å². The van der Waals surface area contributed by atoms with Gasteiger partial charge < -0.3 is 5.11 Å². The molecule has 1 heterocycles. The van der Waals surface area contributed by atoms with Crippen molar-refractivity contribution in [3.8, 4) is 0 Å². The molecule has 106 valence electrons. The van der Waals surface area contributed by atoms with Crippen LogP contribution in [0.1, 0.15) is 43.9 Å². The average Bonchev–Trinajstić information content (AvgIpc) is 2.60. The van der Waals surface area contributed by atoms with Gasteiger partial charge in [0.2, 0.25) is 0 Å². The van der Waals surface area contributed by atoms with E-state index in [1.165, 1.54) is 0 Å². The van der Waals surface area contributed by atoms with Crippen LogP contribution in [0.15, 0.2) is 0 Å². The van der Waals surface area contributed by atoms with Crippen molar-refractivity contribution in [2.75, 3.05) is 0 Å². The highest BCUT2D eigenvalue weighted by Crippen LogP contribution is 2.34. The molecule has 1 aromatic rings. The van der Waals surface area contributed by atoms with Gasteiger partial charge in [0.15, 0.2) is 5.78 Å². The summed E-state index contributed by atoms with van der Waals surface area (Å²) in [5.74, 6) is 0.467. The number of carbonyl (C=O) groups excluding carboxylic acids is 1. The van der Waals surface area contributed by atoms with Crippen LogP contribution in [0.4, 0.5) is 0 Å². The number of ketones is 1. The summed E-state index contributed by atoms with van der Waals surface area (Å²) in [6.07, 6.45) is 3.10. The number of hydrogen-bond acceptors (Lipinski definition) is 3. The largest absolute Gasteiger partial charge is 0.382 e. The molecule has 1 aliphatic carbocycles. The van der Waals surface area contributed by atoms with Gasteiger partial charge in [-0.05, 0) is 38.5 Å². The van der Waals surface area contributed by atoms with E-state index in [0.29, 0.717) is 23.9 Å². The summed E-state index contributed by atoms with van der Waals surface area (Å²) in [6, 6.07) is 0. The van der Waals surface area contributed by atoms with Gasteiger partial charge in [0.05, 0.1) is 5.69 Å². The molecule has 0 atom stereocenters. The molecule has 0 aliphatic heterocycles. The fourth-order valence-electron chi connectivity index (χ4n) is 2.72. The highest BCUT2D eigenvalue weighted by Gasteiger charge is 2.39. The van der Waals surface area contributed by atoms with Gasteiger partial charge in [-0.1, -0.05) is 18.5 Å². The molecule has 0 radical (unpaired) electrons. The van der Waals surface area contributed by atoms with Crippen LogP contribution in [0.3, 0.4) is 0 Å². The zero-order valence-corrected chi connectivity index (χ0v) is 12.5. The van der Waals surface area contributed by atoms with Gasteiger partial charge in [-0.15, -0.1) is 0 Å². The third-order valence-electron chi connectivity index (χ3n) is 4.23. The minimum absolute atomic E-state index is 0.127. The lowest BCUT2D eigenvalue weighted by Crippen LogP contribution is -2.42. The van der Waals surface area contributed by atoms with E-state index in [4.69, 9.17) is 11.6 Å². The summed E-state index contributed by atoms with van der Waals surface area (Å²) >= 11 is 6.13. The van der Waals surface area contributed by atoms with Gasteiger partial charge in [0, 0.05) is 19.0 Å². The number of Topliss-reactive ketones (excluding diaryl/α,β-unsaturated/α-hetero) is 1. The second kappa shape index (κ2) is 5.25. The molecule has 1 aromatic heterocycles. The Kier molecular flexibility index (Phi) is 4.02. The van der Waals surface area contributed by atoms with Crippen LogP contribution in [0, 0.1) is 12.8 Å². The smallest absolute Gasteiger partial charge is 0.168 e. The van der Waals surface area contributed by atoms with Gasteiger partial charge >= 0.3 is 0 Å². The molecule has 4 nitrogen and oxygen atoms in total. The first-order valence-corrected chi connectivity index (χ1v) is 7.15. The van der Waals surface area contributed by atoms with Gasteiger partial charge in [-0.25, -0.2) is 0 Å². The standard InChI is InChI=1S/C14H21ClN2O2/c1-9-4-6-14(19,7-5-9)12(18)8-11-10(2)16-17(3)13(11)15/h9,19H,4-8H2,1-3H3. The van der Waals surface area contributed by atoms with Crippen LogP contribution in [0.5, 0.6) is 0 Å². The van der Waals surface area contributed by atoms with E-state index < -0.39 is 5.60 Å². The van der Waals surface area contributed by atoms with E-state index in [-0.39, 0.29) is 12.2 Å². The average molecular weight is 285 g/mol. The molecular weight excluding hydrogens is 264 g/mol.